The first kappa shape index (κ1) is 9.52. The Balaban J connectivity index is 1.87. The fourth-order valence-electron chi connectivity index (χ4n) is 1.22. The predicted octanol–water partition coefficient (Wildman–Crippen LogP) is 1.89. The minimum absolute atomic E-state index is 0.152. The number of halogens is 1. The molecule has 2 N–H and O–H groups in total. The summed E-state index contributed by atoms with van der Waals surface area (Å²) in [7, 11) is 0. The SMILES string of the molecule is Nc1nc(Cl)cc(OCCC2CC2)n1. The molecule has 0 aliphatic heterocycles. The second kappa shape index (κ2) is 4.00. The van der Waals surface area contributed by atoms with Crippen LogP contribution in [0.25, 0.3) is 0 Å². The number of hydrogen-bond acceptors (Lipinski definition) is 4. The van der Waals surface area contributed by atoms with Gasteiger partial charge in [0, 0.05) is 6.07 Å². The van der Waals surface area contributed by atoms with Crippen molar-refractivity contribution in [1.82, 2.24) is 9.97 Å². The van der Waals surface area contributed by atoms with Gasteiger partial charge in [-0.05, 0) is 12.3 Å². The molecule has 76 valence electrons. The Kier molecular flexibility index (Phi) is 2.72. The molecule has 1 fully saturated rings. The van der Waals surface area contributed by atoms with Gasteiger partial charge < -0.3 is 10.5 Å². The molecule has 0 atom stereocenters. The summed E-state index contributed by atoms with van der Waals surface area (Å²) >= 11 is 5.69. The lowest BCUT2D eigenvalue weighted by atomic mass is 10.3. The van der Waals surface area contributed by atoms with Crippen LogP contribution in [0.4, 0.5) is 5.95 Å². The molecule has 0 spiro atoms. The topological polar surface area (TPSA) is 61.0 Å². The van der Waals surface area contributed by atoms with Gasteiger partial charge in [-0.1, -0.05) is 24.4 Å². The summed E-state index contributed by atoms with van der Waals surface area (Å²) in [5.74, 6) is 1.46. The van der Waals surface area contributed by atoms with E-state index >= 15 is 0 Å². The van der Waals surface area contributed by atoms with Gasteiger partial charge in [0.15, 0.2) is 0 Å². The number of anilines is 1. The highest BCUT2D eigenvalue weighted by atomic mass is 35.5. The van der Waals surface area contributed by atoms with E-state index in [-0.39, 0.29) is 5.95 Å². The fraction of sp³-hybridized carbons (Fsp3) is 0.556. The van der Waals surface area contributed by atoms with Crippen LogP contribution in [0.15, 0.2) is 6.07 Å². The van der Waals surface area contributed by atoms with Gasteiger partial charge in [-0.25, -0.2) is 4.98 Å². The van der Waals surface area contributed by atoms with Crippen LogP contribution >= 0.6 is 11.6 Å². The minimum Gasteiger partial charge on any atom is -0.477 e. The van der Waals surface area contributed by atoms with Crippen molar-refractivity contribution in [3.8, 4) is 5.88 Å². The van der Waals surface area contributed by atoms with E-state index in [1.165, 1.54) is 12.8 Å². The smallest absolute Gasteiger partial charge is 0.224 e. The zero-order chi connectivity index (χ0) is 9.97. The first-order valence-electron chi connectivity index (χ1n) is 4.67. The van der Waals surface area contributed by atoms with Gasteiger partial charge in [0.1, 0.15) is 5.15 Å². The molecular weight excluding hydrogens is 202 g/mol. The van der Waals surface area contributed by atoms with Crippen molar-refractivity contribution in [3.63, 3.8) is 0 Å². The highest BCUT2D eigenvalue weighted by Gasteiger charge is 2.20. The molecule has 0 unspecified atom stereocenters. The molecule has 2 rings (SSSR count). The van der Waals surface area contributed by atoms with Crippen LogP contribution in [0.2, 0.25) is 5.15 Å². The molecule has 1 aromatic rings. The molecule has 1 aliphatic carbocycles. The first-order chi connectivity index (χ1) is 6.74. The summed E-state index contributed by atoms with van der Waals surface area (Å²) in [4.78, 5) is 7.65. The van der Waals surface area contributed by atoms with Crippen LogP contribution in [0.5, 0.6) is 5.88 Å². The maximum Gasteiger partial charge on any atom is 0.224 e. The van der Waals surface area contributed by atoms with Crippen LogP contribution in [0.1, 0.15) is 19.3 Å². The molecule has 1 saturated carbocycles. The van der Waals surface area contributed by atoms with Gasteiger partial charge in [0.2, 0.25) is 11.8 Å². The van der Waals surface area contributed by atoms with E-state index in [9.17, 15) is 0 Å². The average molecular weight is 214 g/mol. The number of hydrogen-bond donors (Lipinski definition) is 1. The molecule has 14 heavy (non-hydrogen) atoms. The molecule has 1 aliphatic rings. The van der Waals surface area contributed by atoms with E-state index in [2.05, 4.69) is 9.97 Å². The number of nitrogens with zero attached hydrogens (tertiary/aromatic N) is 2. The van der Waals surface area contributed by atoms with Gasteiger partial charge >= 0.3 is 0 Å². The number of rotatable bonds is 4. The van der Waals surface area contributed by atoms with Crippen LogP contribution < -0.4 is 10.5 Å². The van der Waals surface area contributed by atoms with Crippen molar-refractivity contribution >= 4 is 17.5 Å². The monoisotopic (exact) mass is 213 g/mol. The predicted molar refractivity (Wildman–Crippen MR) is 54.3 cm³/mol. The summed E-state index contributed by atoms with van der Waals surface area (Å²) < 4.78 is 5.40. The van der Waals surface area contributed by atoms with Crippen molar-refractivity contribution in [1.29, 1.82) is 0 Å². The van der Waals surface area contributed by atoms with Gasteiger partial charge in [-0.2, -0.15) is 4.98 Å². The molecular formula is C9H12ClN3O. The van der Waals surface area contributed by atoms with Gasteiger partial charge in [-0.15, -0.1) is 0 Å². The van der Waals surface area contributed by atoms with Crippen LogP contribution in [0, 0.1) is 5.92 Å². The summed E-state index contributed by atoms with van der Waals surface area (Å²) in [6.07, 6.45) is 3.74. The Hall–Kier alpha value is -1.03. The third-order valence-corrected chi connectivity index (χ3v) is 2.36. The maximum absolute atomic E-state index is 5.69. The minimum atomic E-state index is 0.152. The summed E-state index contributed by atoms with van der Waals surface area (Å²) in [5.41, 5.74) is 5.42. The standard InChI is InChI=1S/C9H12ClN3O/c10-7-5-8(13-9(11)12-7)14-4-3-6-1-2-6/h5-6H,1-4H2,(H2,11,12,13). The van der Waals surface area contributed by atoms with Crippen molar-refractivity contribution in [3.05, 3.63) is 11.2 Å². The number of nitrogens with two attached hydrogens (primary N) is 1. The lowest BCUT2D eigenvalue weighted by Crippen LogP contribution is -2.02. The second-order valence-electron chi connectivity index (χ2n) is 3.47. The van der Waals surface area contributed by atoms with Crippen LogP contribution in [-0.2, 0) is 0 Å². The number of nitrogen functional groups attached to an aromatic ring is 1. The fourth-order valence-corrected chi connectivity index (χ4v) is 1.40. The highest BCUT2D eigenvalue weighted by molar-refractivity contribution is 6.29. The van der Waals surface area contributed by atoms with Gasteiger partial charge in [0.05, 0.1) is 6.61 Å². The molecule has 4 nitrogen and oxygen atoms in total. The summed E-state index contributed by atoms with van der Waals surface area (Å²) in [6.45, 7) is 0.678. The summed E-state index contributed by atoms with van der Waals surface area (Å²) in [5, 5.41) is 0.318. The second-order valence-corrected chi connectivity index (χ2v) is 3.85. The van der Waals surface area contributed by atoms with Crippen molar-refractivity contribution < 1.29 is 4.74 Å². The molecule has 0 aromatic carbocycles. The Morgan fingerprint density at radius 1 is 1.50 bits per heavy atom. The van der Waals surface area contributed by atoms with Crippen molar-refractivity contribution in [2.75, 3.05) is 12.3 Å². The van der Waals surface area contributed by atoms with E-state index in [0.29, 0.717) is 17.6 Å². The van der Waals surface area contributed by atoms with E-state index in [1.54, 1.807) is 6.07 Å². The normalized spacial score (nSPS) is 15.5. The van der Waals surface area contributed by atoms with Crippen molar-refractivity contribution in [2.45, 2.75) is 19.3 Å². The van der Waals surface area contributed by atoms with Gasteiger partial charge in [-0.3, -0.25) is 0 Å². The quantitative estimate of drug-likeness (QED) is 0.776. The maximum atomic E-state index is 5.69. The average Bonchev–Trinajstić information content (AvgIpc) is 2.86. The Labute approximate surface area is 87.4 Å². The molecule has 0 saturated heterocycles. The lowest BCUT2D eigenvalue weighted by Gasteiger charge is -2.04. The van der Waals surface area contributed by atoms with Crippen LogP contribution in [0.3, 0.4) is 0 Å². The van der Waals surface area contributed by atoms with E-state index in [1.807, 2.05) is 0 Å². The third kappa shape index (κ3) is 2.73. The lowest BCUT2D eigenvalue weighted by molar-refractivity contribution is 0.291. The molecule has 0 amide bonds. The highest BCUT2D eigenvalue weighted by Crippen LogP contribution is 2.32. The van der Waals surface area contributed by atoms with Crippen molar-refractivity contribution in [2.24, 2.45) is 5.92 Å². The molecule has 1 aromatic heterocycles. The third-order valence-electron chi connectivity index (χ3n) is 2.16. The molecule has 0 bridgehead atoms. The van der Waals surface area contributed by atoms with E-state index < -0.39 is 0 Å². The first-order valence-corrected chi connectivity index (χ1v) is 5.04. The van der Waals surface area contributed by atoms with E-state index in [0.717, 1.165) is 12.3 Å². The Bertz CT molecular complexity index is 308. The van der Waals surface area contributed by atoms with Crippen LogP contribution in [-0.4, -0.2) is 16.6 Å². The zero-order valence-corrected chi connectivity index (χ0v) is 8.50. The summed E-state index contributed by atoms with van der Waals surface area (Å²) in [6, 6.07) is 1.57. The molecule has 5 heteroatoms. The number of ether oxygens (including phenoxy) is 1. The zero-order valence-electron chi connectivity index (χ0n) is 7.74. The number of aromatic nitrogens is 2. The molecule has 0 radical (unpaired) electrons. The Morgan fingerprint density at radius 3 is 2.93 bits per heavy atom. The Morgan fingerprint density at radius 2 is 2.29 bits per heavy atom. The van der Waals surface area contributed by atoms with E-state index in [4.69, 9.17) is 22.1 Å². The van der Waals surface area contributed by atoms with Gasteiger partial charge in [0.25, 0.3) is 0 Å². The molecule has 1 heterocycles. The largest absolute Gasteiger partial charge is 0.477 e.